The molecule has 94 valence electrons. The number of carbonyl (C=O) groups excluding carboxylic acids is 1. The van der Waals surface area contributed by atoms with Crippen molar-refractivity contribution in [3.05, 3.63) is 34.6 Å². The number of rotatable bonds is 5. The van der Waals surface area contributed by atoms with E-state index in [4.69, 9.17) is 21.4 Å². The number of amides is 1. The van der Waals surface area contributed by atoms with Gasteiger partial charge in [-0.1, -0.05) is 17.7 Å². The Morgan fingerprint density at radius 3 is 2.94 bits per heavy atom. The Balaban J connectivity index is 2.79. The molecule has 0 heterocycles. The van der Waals surface area contributed by atoms with E-state index in [1.165, 1.54) is 25.3 Å². The van der Waals surface area contributed by atoms with Crippen molar-refractivity contribution in [3.63, 3.8) is 0 Å². The van der Waals surface area contributed by atoms with E-state index in [9.17, 15) is 9.18 Å². The Kier molecular flexibility index (Phi) is 5.34. The van der Waals surface area contributed by atoms with Crippen LogP contribution in [0.4, 0.5) is 4.39 Å². The van der Waals surface area contributed by atoms with E-state index < -0.39 is 17.8 Å². The molecule has 17 heavy (non-hydrogen) atoms. The number of aliphatic hydroxyl groups is 1. The van der Waals surface area contributed by atoms with Gasteiger partial charge in [0.25, 0.3) is 5.91 Å². The van der Waals surface area contributed by atoms with Crippen molar-refractivity contribution in [2.24, 2.45) is 0 Å². The first kappa shape index (κ1) is 13.9. The molecule has 0 saturated heterocycles. The number of halogens is 2. The van der Waals surface area contributed by atoms with Crippen molar-refractivity contribution >= 4 is 17.5 Å². The molecule has 1 atom stereocenters. The minimum atomic E-state index is -0.777. The van der Waals surface area contributed by atoms with Crippen molar-refractivity contribution in [2.75, 3.05) is 20.3 Å². The zero-order chi connectivity index (χ0) is 12.8. The van der Waals surface area contributed by atoms with Crippen molar-refractivity contribution in [1.82, 2.24) is 5.32 Å². The van der Waals surface area contributed by atoms with Gasteiger partial charge >= 0.3 is 0 Å². The van der Waals surface area contributed by atoms with E-state index in [0.717, 1.165) is 0 Å². The lowest BCUT2D eigenvalue weighted by Crippen LogP contribution is -2.40. The monoisotopic (exact) mass is 261 g/mol. The van der Waals surface area contributed by atoms with Crippen LogP contribution >= 0.6 is 11.6 Å². The maximum Gasteiger partial charge on any atom is 0.254 e. The second-order valence-corrected chi connectivity index (χ2v) is 3.82. The summed E-state index contributed by atoms with van der Waals surface area (Å²) in [4.78, 5) is 11.7. The molecule has 0 radical (unpaired) electrons. The SMILES string of the molecule is COCC(CO)NC(=O)c1cccc(Cl)c1F. The van der Waals surface area contributed by atoms with Gasteiger partial charge in [-0.25, -0.2) is 4.39 Å². The van der Waals surface area contributed by atoms with Gasteiger partial charge in [0.2, 0.25) is 0 Å². The predicted molar refractivity (Wildman–Crippen MR) is 61.6 cm³/mol. The van der Waals surface area contributed by atoms with Crippen LogP contribution in [0.15, 0.2) is 18.2 Å². The summed E-state index contributed by atoms with van der Waals surface area (Å²) in [6.45, 7) is -0.147. The Hall–Kier alpha value is -1.17. The lowest BCUT2D eigenvalue weighted by molar-refractivity contribution is 0.0836. The van der Waals surface area contributed by atoms with Crippen LogP contribution in [0.25, 0.3) is 0 Å². The van der Waals surface area contributed by atoms with Crippen LogP contribution in [0, 0.1) is 5.82 Å². The Bertz CT molecular complexity index is 400. The number of ether oxygens (including phenoxy) is 1. The van der Waals surface area contributed by atoms with Crippen molar-refractivity contribution in [2.45, 2.75) is 6.04 Å². The summed E-state index contributed by atoms with van der Waals surface area (Å²) in [5, 5.41) is 11.3. The molecule has 0 fully saturated rings. The molecule has 0 aromatic heterocycles. The Morgan fingerprint density at radius 1 is 1.65 bits per heavy atom. The van der Waals surface area contributed by atoms with Crippen LogP contribution in [-0.2, 0) is 4.74 Å². The van der Waals surface area contributed by atoms with Gasteiger partial charge in [0.05, 0.1) is 29.8 Å². The minimum absolute atomic E-state index is 0.120. The van der Waals surface area contributed by atoms with E-state index in [-0.39, 0.29) is 23.8 Å². The highest BCUT2D eigenvalue weighted by Gasteiger charge is 2.17. The number of aliphatic hydroxyl groups excluding tert-OH is 1. The van der Waals surface area contributed by atoms with Gasteiger partial charge < -0.3 is 15.2 Å². The molecule has 2 N–H and O–H groups in total. The molecule has 1 rings (SSSR count). The van der Waals surface area contributed by atoms with Crippen LogP contribution in [0.2, 0.25) is 5.02 Å². The fourth-order valence-electron chi connectivity index (χ4n) is 1.28. The molecule has 1 unspecified atom stereocenters. The van der Waals surface area contributed by atoms with Crippen molar-refractivity contribution in [3.8, 4) is 0 Å². The van der Waals surface area contributed by atoms with Crippen molar-refractivity contribution < 1.29 is 19.0 Å². The fourth-order valence-corrected chi connectivity index (χ4v) is 1.46. The maximum absolute atomic E-state index is 13.5. The Labute approximate surface area is 103 Å². The summed E-state index contributed by atoms with van der Waals surface area (Å²) < 4.78 is 18.3. The zero-order valence-electron chi connectivity index (χ0n) is 9.24. The minimum Gasteiger partial charge on any atom is -0.394 e. The zero-order valence-corrected chi connectivity index (χ0v) is 10.00. The number of benzene rings is 1. The van der Waals surface area contributed by atoms with E-state index in [2.05, 4.69) is 5.32 Å². The summed E-state index contributed by atoms with van der Waals surface area (Å²) in [5.41, 5.74) is -0.160. The van der Waals surface area contributed by atoms with Crippen LogP contribution < -0.4 is 5.32 Å². The van der Waals surface area contributed by atoms with Gasteiger partial charge in [0, 0.05) is 7.11 Å². The molecule has 6 heteroatoms. The van der Waals surface area contributed by atoms with Gasteiger partial charge in [-0.15, -0.1) is 0 Å². The highest BCUT2D eigenvalue weighted by Crippen LogP contribution is 2.17. The largest absolute Gasteiger partial charge is 0.394 e. The first-order valence-electron chi connectivity index (χ1n) is 4.94. The number of methoxy groups -OCH3 is 1. The molecule has 1 aromatic rings. The number of carbonyl (C=O) groups is 1. The highest BCUT2D eigenvalue weighted by atomic mass is 35.5. The normalized spacial score (nSPS) is 12.2. The molecule has 0 spiro atoms. The second-order valence-electron chi connectivity index (χ2n) is 3.41. The molecule has 0 bridgehead atoms. The molecule has 0 aliphatic heterocycles. The van der Waals surface area contributed by atoms with Gasteiger partial charge in [-0.05, 0) is 12.1 Å². The lowest BCUT2D eigenvalue weighted by atomic mass is 10.2. The number of nitrogens with one attached hydrogen (secondary N) is 1. The second kappa shape index (κ2) is 6.54. The Morgan fingerprint density at radius 2 is 2.35 bits per heavy atom. The standard InChI is InChI=1S/C11H13ClFNO3/c1-17-6-7(5-15)14-11(16)8-3-2-4-9(12)10(8)13/h2-4,7,15H,5-6H2,1H3,(H,14,16). The van der Waals surface area contributed by atoms with Crippen molar-refractivity contribution in [1.29, 1.82) is 0 Å². The number of hydrogen-bond acceptors (Lipinski definition) is 3. The third-order valence-electron chi connectivity index (χ3n) is 2.12. The highest BCUT2D eigenvalue weighted by molar-refractivity contribution is 6.31. The average molecular weight is 262 g/mol. The molecule has 1 aromatic carbocycles. The lowest BCUT2D eigenvalue weighted by Gasteiger charge is -2.15. The first-order valence-corrected chi connectivity index (χ1v) is 5.32. The first-order chi connectivity index (χ1) is 8.10. The molecule has 0 aliphatic carbocycles. The topological polar surface area (TPSA) is 58.6 Å². The van der Waals surface area contributed by atoms with Crippen LogP contribution in [-0.4, -0.2) is 37.4 Å². The van der Waals surface area contributed by atoms with Gasteiger partial charge in [0.15, 0.2) is 5.82 Å². The molecule has 4 nitrogen and oxygen atoms in total. The third-order valence-corrected chi connectivity index (χ3v) is 2.41. The summed E-state index contributed by atoms with van der Waals surface area (Å²) in [6.07, 6.45) is 0. The van der Waals surface area contributed by atoms with Gasteiger partial charge in [-0.2, -0.15) is 0 Å². The average Bonchev–Trinajstić information content (AvgIpc) is 2.31. The molecule has 0 saturated carbocycles. The smallest absolute Gasteiger partial charge is 0.254 e. The number of hydrogen-bond donors (Lipinski definition) is 2. The van der Waals surface area contributed by atoms with Crippen LogP contribution in [0.5, 0.6) is 0 Å². The molecule has 0 aliphatic rings. The van der Waals surface area contributed by atoms with E-state index in [1.54, 1.807) is 0 Å². The summed E-state index contributed by atoms with van der Waals surface area (Å²) in [5.74, 6) is -1.41. The maximum atomic E-state index is 13.5. The van der Waals surface area contributed by atoms with Crippen LogP contribution in [0.3, 0.4) is 0 Å². The predicted octanol–water partition coefficient (Wildman–Crippen LogP) is 1.22. The van der Waals surface area contributed by atoms with Crippen LogP contribution in [0.1, 0.15) is 10.4 Å². The van der Waals surface area contributed by atoms with E-state index in [0.29, 0.717) is 0 Å². The molecular formula is C11H13ClFNO3. The summed E-state index contributed by atoms with van der Waals surface area (Å²) in [7, 11) is 1.44. The molecule has 1 amide bonds. The quantitative estimate of drug-likeness (QED) is 0.838. The van der Waals surface area contributed by atoms with E-state index >= 15 is 0 Å². The summed E-state index contributed by atoms with van der Waals surface area (Å²) in [6, 6.07) is 3.57. The van der Waals surface area contributed by atoms with Gasteiger partial charge in [0.1, 0.15) is 0 Å². The third kappa shape index (κ3) is 3.66. The van der Waals surface area contributed by atoms with Gasteiger partial charge in [-0.3, -0.25) is 4.79 Å². The summed E-state index contributed by atoms with van der Waals surface area (Å²) >= 11 is 5.56. The van der Waals surface area contributed by atoms with E-state index in [1.807, 2.05) is 0 Å². The fraction of sp³-hybridized carbons (Fsp3) is 0.364. The molecular weight excluding hydrogens is 249 g/mol.